The van der Waals surface area contributed by atoms with Gasteiger partial charge in [0.15, 0.2) is 0 Å². The molecule has 0 spiro atoms. The van der Waals surface area contributed by atoms with E-state index < -0.39 is 6.10 Å². The normalized spacial score (nSPS) is 13.0. The zero-order chi connectivity index (χ0) is 8.27. The largest absolute Gasteiger partial charge is 0.387 e. The Bertz CT molecular complexity index is 239. The summed E-state index contributed by atoms with van der Waals surface area (Å²) in [6, 6.07) is 6.92. The molecule has 59 valence electrons. The van der Waals surface area contributed by atoms with Gasteiger partial charge in [0, 0.05) is 11.6 Å². The lowest BCUT2D eigenvalue weighted by molar-refractivity contribution is 0.185. The third-order valence-electron chi connectivity index (χ3n) is 1.43. The number of aliphatic hydroxyl groups excluding tert-OH is 1. The maximum absolute atomic E-state index is 9.21. The van der Waals surface area contributed by atoms with Gasteiger partial charge in [0.05, 0.1) is 6.10 Å². The van der Waals surface area contributed by atoms with E-state index in [0.717, 1.165) is 0 Å². The molecule has 0 aromatic heterocycles. The molecular formula is C8H9ClNO. The van der Waals surface area contributed by atoms with Crippen molar-refractivity contribution in [3.05, 3.63) is 34.9 Å². The van der Waals surface area contributed by atoms with Crippen molar-refractivity contribution in [2.45, 2.75) is 6.10 Å². The van der Waals surface area contributed by atoms with Crippen LogP contribution in [0.25, 0.3) is 0 Å². The van der Waals surface area contributed by atoms with E-state index in [0.29, 0.717) is 10.6 Å². The van der Waals surface area contributed by atoms with Crippen LogP contribution >= 0.6 is 11.6 Å². The van der Waals surface area contributed by atoms with Gasteiger partial charge >= 0.3 is 0 Å². The van der Waals surface area contributed by atoms with Crippen molar-refractivity contribution in [3.63, 3.8) is 0 Å². The number of aliphatic hydroxyl groups is 1. The van der Waals surface area contributed by atoms with E-state index in [4.69, 9.17) is 17.3 Å². The van der Waals surface area contributed by atoms with Crippen LogP contribution in [0.1, 0.15) is 11.7 Å². The molecule has 0 aliphatic rings. The molecule has 1 atom stereocenters. The summed E-state index contributed by atoms with van der Waals surface area (Å²) in [6.45, 7) is -0.0274. The lowest BCUT2D eigenvalue weighted by Crippen LogP contribution is -2.03. The van der Waals surface area contributed by atoms with Crippen LogP contribution in [-0.4, -0.2) is 11.7 Å². The lowest BCUT2D eigenvalue weighted by Gasteiger charge is -2.06. The number of halogens is 1. The predicted octanol–water partition coefficient (Wildman–Crippen LogP) is 1.66. The number of nitrogens with one attached hydrogen (secondary N) is 1. The molecule has 0 saturated carbocycles. The van der Waals surface area contributed by atoms with Crippen molar-refractivity contribution in [1.82, 2.24) is 5.73 Å². The first kappa shape index (κ1) is 8.53. The second kappa shape index (κ2) is 3.72. The number of rotatable bonds is 2. The van der Waals surface area contributed by atoms with Crippen molar-refractivity contribution in [2.24, 2.45) is 0 Å². The first-order valence-corrected chi connectivity index (χ1v) is 3.70. The first-order valence-electron chi connectivity index (χ1n) is 3.32. The van der Waals surface area contributed by atoms with Gasteiger partial charge in [-0.15, -0.1) is 0 Å². The van der Waals surface area contributed by atoms with Crippen LogP contribution in [0.3, 0.4) is 0 Å². The van der Waals surface area contributed by atoms with Crippen LogP contribution in [0.2, 0.25) is 5.02 Å². The summed E-state index contributed by atoms with van der Waals surface area (Å²) < 4.78 is 0. The van der Waals surface area contributed by atoms with Crippen LogP contribution < -0.4 is 5.73 Å². The predicted molar refractivity (Wildman–Crippen MR) is 44.4 cm³/mol. The minimum atomic E-state index is -0.714. The van der Waals surface area contributed by atoms with Gasteiger partial charge in [0.25, 0.3) is 0 Å². The molecule has 0 amide bonds. The van der Waals surface area contributed by atoms with E-state index in [1.807, 2.05) is 0 Å². The Morgan fingerprint density at radius 1 is 1.55 bits per heavy atom. The van der Waals surface area contributed by atoms with Crippen LogP contribution in [0.15, 0.2) is 24.3 Å². The molecule has 1 rings (SSSR count). The molecule has 1 unspecified atom stereocenters. The molecule has 1 aromatic rings. The fraction of sp³-hybridized carbons (Fsp3) is 0.250. The standard InChI is InChI=1S/C8H9ClNO/c9-7-3-1-2-6(4-7)8(11)5-10/h1-4,8,10-11H,5H2. The molecule has 0 saturated heterocycles. The Kier molecular flexibility index (Phi) is 2.88. The summed E-state index contributed by atoms with van der Waals surface area (Å²) in [5.41, 5.74) is 7.62. The van der Waals surface area contributed by atoms with Crippen LogP contribution in [-0.2, 0) is 0 Å². The number of benzene rings is 1. The average Bonchev–Trinajstić information content (AvgIpc) is 2.03. The monoisotopic (exact) mass is 170 g/mol. The Hall–Kier alpha value is -0.570. The molecule has 0 bridgehead atoms. The quantitative estimate of drug-likeness (QED) is 0.721. The highest BCUT2D eigenvalue weighted by atomic mass is 35.5. The first-order chi connectivity index (χ1) is 5.24. The van der Waals surface area contributed by atoms with Crippen LogP contribution in [0.5, 0.6) is 0 Å². The Labute approximate surface area is 70.6 Å². The highest BCUT2D eigenvalue weighted by Gasteiger charge is 2.03. The highest BCUT2D eigenvalue weighted by molar-refractivity contribution is 6.30. The lowest BCUT2D eigenvalue weighted by atomic mass is 10.1. The zero-order valence-corrected chi connectivity index (χ0v) is 6.67. The van der Waals surface area contributed by atoms with Gasteiger partial charge in [0.2, 0.25) is 0 Å². The third-order valence-corrected chi connectivity index (χ3v) is 1.66. The van der Waals surface area contributed by atoms with Crippen molar-refractivity contribution < 1.29 is 5.11 Å². The maximum atomic E-state index is 9.21. The SMILES string of the molecule is [NH]CC(O)c1cccc(Cl)c1. The minimum Gasteiger partial charge on any atom is -0.387 e. The molecule has 1 radical (unpaired) electrons. The van der Waals surface area contributed by atoms with Crippen LogP contribution in [0, 0.1) is 0 Å². The molecule has 11 heavy (non-hydrogen) atoms. The second-order valence-electron chi connectivity index (χ2n) is 2.27. The summed E-state index contributed by atoms with van der Waals surface area (Å²) in [5, 5.41) is 9.80. The van der Waals surface area contributed by atoms with E-state index in [2.05, 4.69) is 0 Å². The minimum absolute atomic E-state index is 0.0274. The van der Waals surface area contributed by atoms with Gasteiger partial charge in [-0.3, -0.25) is 5.73 Å². The van der Waals surface area contributed by atoms with E-state index in [1.54, 1.807) is 24.3 Å². The number of hydrogen-bond acceptors (Lipinski definition) is 1. The number of hydrogen-bond donors (Lipinski definition) is 1. The molecule has 0 aliphatic heterocycles. The molecule has 0 aliphatic carbocycles. The summed E-state index contributed by atoms with van der Waals surface area (Å²) in [5.74, 6) is 0. The van der Waals surface area contributed by atoms with E-state index in [1.165, 1.54) is 0 Å². The Morgan fingerprint density at radius 2 is 2.27 bits per heavy atom. The van der Waals surface area contributed by atoms with Gasteiger partial charge < -0.3 is 5.11 Å². The van der Waals surface area contributed by atoms with Gasteiger partial charge in [-0.25, -0.2) is 0 Å². The van der Waals surface area contributed by atoms with Gasteiger partial charge in [-0.05, 0) is 17.7 Å². The van der Waals surface area contributed by atoms with E-state index >= 15 is 0 Å². The summed E-state index contributed by atoms with van der Waals surface area (Å²) in [4.78, 5) is 0. The van der Waals surface area contributed by atoms with E-state index in [-0.39, 0.29) is 6.54 Å². The molecule has 0 fully saturated rings. The average molecular weight is 171 g/mol. The smallest absolute Gasteiger partial charge is 0.0928 e. The Balaban J connectivity index is 2.86. The highest BCUT2D eigenvalue weighted by Crippen LogP contribution is 2.16. The zero-order valence-electron chi connectivity index (χ0n) is 5.92. The third kappa shape index (κ3) is 2.19. The fourth-order valence-electron chi connectivity index (χ4n) is 0.832. The molecule has 3 heteroatoms. The van der Waals surface area contributed by atoms with Gasteiger partial charge in [-0.2, -0.15) is 0 Å². The summed E-state index contributed by atoms with van der Waals surface area (Å²) in [7, 11) is 0. The molecule has 2 nitrogen and oxygen atoms in total. The maximum Gasteiger partial charge on any atom is 0.0928 e. The van der Waals surface area contributed by atoms with Crippen molar-refractivity contribution in [1.29, 1.82) is 0 Å². The summed E-state index contributed by atoms with van der Waals surface area (Å²) in [6.07, 6.45) is -0.714. The van der Waals surface area contributed by atoms with Crippen molar-refractivity contribution >= 4 is 11.6 Å². The van der Waals surface area contributed by atoms with Crippen molar-refractivity contribution in [2.75, 3.05) is 6.54 Å². The molecular weight excluding hydrogens is 162 g/mol. The van der Waals surface area contributed by atoms with Crippen molar-refractivity contribution in [3.8, 4) is 0 Å². The second-order valence-corrected chi connectivity index (χ2v) is 2.71. The molecule has 0 heterocycles. The fourth-order valence-corrected chi connectivity index (χ4v) is 1.03. The summed E-state index contributed by atoms with van der Waals surface area (Å²) >= 11 is 5.67. The van der Waals surface area contributed by atoms with Gasteiger partial charge in [-0.1, -0.05) is 23.7 Å². The van der Waals surface area contributed by atoms with Crippen LogP contribution in [0.4, 0.5) is 0 Å². The Morgan fingerprint density at radius 3 is 2.82 bits per heavy atom. The molecule has 2 N–H and O–H groups in total. The van der Waals surface area contributed by atoms with Gasteiger partial charge in [0.1, 0.15) is 0 Å². The molecule has 1 aromatic carbocycles. The van der Waals surface area contributed by atoms with E-state index in [9.17, 15) is 5.11 Å². The topological polar surface area (TPSA) is 44.0 Å².